The van der Waals surface area contributed by atoms with Gasteiger partial charge in [0.25, 0.3) is 11.7 Å². The maximum atomic E-state index is 12.8. The van der Waals surface area contributed by atoms with Gasteiger partial charge in [-0.05, 0) is 24.1 Å². The van der Waals surface area contributed by atoms with Crippen LogP contribution < -0.4 is 9.47 Å². The van der Waals surface area contributed by atoms with Crippen LogP contribution in [0.4, 0.5) is 0 Å². The summed E-state index contributed by atoms with van der Waals surface area (Å²) in [5, 5.41) is 20.1. The number of hydrogen-bond donors (Lipinski definition) is 2. The molecule has 1 amide bonds. The van der Waals surface area contributed by atoms with E-state index in [4.69, 9.17) is 9.47 Å². The van der Waals surface area contributed by atoms with Gasteiger partial charge in [0, 0.05) is 18.7 Å². The van der Waals surface area contributed by atoms with E-state index in [-0.39, 0.29) is 24.5 Å². The van der Waals surface area contributed by atoms with Crippen molar-refractivity contribution in [3.8, 4) is 11.5 Å². The summed E-state index contributed by atoms with van der Waals surface area (Å²) in [6, 6.07) is 12.9. The summed E-state index contributed by atoms with van der Waals surface area (Å²) in [6.45, 7) is 0.0476. The SMILES string of the molecule is COc1ccc([C@H]2C(=C(O)c3ccccc3)C(=O)C(=O)N2CCCO)cc1OC. The van der Waals surface area contributed by atoms with Gasteiger partial charge in [-0.2, -0.15) is 0 Å². The first-order chi connectivity index (χ1) is 14.0. The molecule has 0 radical (unpaired) electrons. The third-order valence-corrected chi connectivity index (χ3v) is 4.87. The Morgan fingerprint density at radius 1 is 1.03 bits per heavy atom. The van der Waals surface area contributed by atoms with Gasteiger partial charge in [0.05, 0.1) is 25.8 Å². The van der Waals surface area contributed by atoms with Crippen LogP contribution in [0.5, 0.6) is 11.5 Å². The van der Waals surface area contributed by atoms with Crippen molar-refractivity contribution in [1.29, 1.82) is 0 Å². The van der Waals surface area contributed by atoms with Gasteiger partial charge in [0.15, 0.2) is 11.5 Å². The van der Waals surface area contributed by atoms with Crippen LogP contribution in [-0.2, 0) is 9.59 Å². The topological polar surface area (TPSA) is 96.3 Å². The van der Waals surface area contributed by atoms with Gasteiger partial charge in [-0.3, -0.25) is 9.59 Å². The Morgan fingerprint density at radius 3 is 2.34 bits per heavy atom. The number of amides is 1. The highest BCUT2D eigenvalue weighted by Gasteiger charge is 2.46. The van der Waals surface area contributed by atoms with Crippen molar-refractivity contribution in [1.82, 2.24) is 4.90 Å². The predicted octanol–water partition coefficient (Wildman–Crippen LogP) is 2.51. The number of carbonyl (C=O) groups is 2. The van der Waals surface area contributed by atoms with Crippen LogP contribution in [0.3, 0.4) is 0 Å². The fourth-order valence-corrected chi connectivity index (χ4v) is 3.47. The van der Waals surface area contributed by atoms with E-state index in [1.165, 1.54) is 19.1 Å². The van der Waals surface area contributed by atoms with Crippen molar-refractivity contribution in [3.05, 3.63) is 65.2 Å². The molecular formula is C22H23NO6. The molecule has 1 fully saturated rings. The molecule has 1 atom stereocenters. The van der Waals surface area contributed by atoms with Gasteiger partial charge >= 0.3 is 0 Å². The van der Waals surface area contributed by atoms with Crippen molar-refractivity contribution >= 4 is 17.4 Å². The Balaban J connectivity index is 2.18. The average Bonchev–Trinajstić information content (AvgIpc) is 3.01. The van der Waals surface area contributed by atoms with Gasteiger partial charge in [0.1, 0.15) is 5.76 Å². The number of ketones is 1. The lowest BCUT2D eigenvalue weighted by Gasteiger charge is -2.25. The first-order valence-corrected chi connectivity index (χ1v) is 9.20. The van der Waals surface area contributed by atoms with Crippen molar-refractivity contribution in [2.24, 2.45) is 0 Å². The number of nitrogens with zero attached hydrogens (tertiary/aromatic N) is 1. The second-order valence-electron chi connectivity index (χ2n) is 6.55. The van der Waals surface area contributed by atoms with Crippen LogP contribution >= 0.6 is 0 Å². The lowest BCUT2D eigenvalue weighted by atomic mass is 9.95. The van der Waals surface area contributed by atoms with E-state index in [0.717, 1.165) is 0 Å². The van der Waals surface area contributed by atoms with Gasteiger partial charge in [-0.25, -0.2) is 0 Å². The second-order valence-corrected chi connectivity index (χ2v) is 6.55. The standard InChI is InChI=1S/C22H23NO6/c1-28-16-10-9-15(13-17(16)29-2)19-18(20(25)14-7-4-3-5-8-14)21(26)22(27)23(19)11-6-12-24/h3-5,7-10,13,19,24-25H,6,11-12H2,1-2H3/t19-/m0/s1. The number of ether oxygens (including phenoxy) is 2. The lowest BCUT2D eigenvalue weighted by molar-refractivity contribution is -0.140. The van der Waals surface area contributed by atoms with Crippen molar-refractivity contribution in [2.45, 2.75) is 12.5 Å². The molecule has 2 aromatic carbocycles. The van der Waals surface area contributed by atoms with E-state index in [9.17, 15) is 19.8 Å². The summed E-state index contributed by atoms with van der Waals surface area (Å²) in [6.07, 6.45) is 0.308. The van der Waals surface area contributed by atoms with E-state index >= 15 is 0 Å². The fraction of sp³-hybridized carbons (Fsp3) is 0.273. The molecule has 1 aliphatic rings. The van der Waals surface area contributed by atoms with Crippen molar-refractivity contribution in [3.63, 3.8) is 0 Å². The maximum absolute atomic E-state index is 12.8. The molecule has 2 N–H and O–H groups in total. The minimum absolute atomic E-state index is 0.00589. The summed E-state index contributed by atoms with van der Waals surface area (Å²) in [5.74, 6) is -0.765. The first kappa shape index (κ1) is 20.4. The number of Topliss-reactive ketones (excluding diaryl/α,β-unsaturated/α-hetero) is 1. The summed E-state index contributed by atoms with van der Waals surface area (Å²) < 4.78 is 10.6. The van der Waals surface area contributed by atoms with Crippen LogP contribution in [0.25, 0.3) is 5.76 Å². The molecule has 3 rings (SSSR count). The number of carbonyl (C=O) groups excluding carboxylic acids is 2. The van der Waals surface area contributed by atoms with Crippen molar-refractivity contribution < 1.29 is 29.3 Å². The first-order valence-electron chi connectivity index (χ1n) is 9.20. The molecule has 1 aliphatic heterocycles. The van der Waals surface area contributed by atoms with E-state index in [0.29, 0.717) is 29.0 Å². The fourth-order valence-electron chi connectivity index (χ4n) is 3.47. The Bertz CT molecular complexity index is 938. The third kappa shape index (κ3) is 3.82. The number of aliphatic hydroxyl groups excluding tert-OH is 2. The van der Waals surface area contributed by atoms with Gasteiger partial charge in [-0.15, -0.1) is 0 Å². The zero-order valence-corrected chi connectivity index (χ0v) is 16.3. The normalized spacial score (nSPS) is 18.2. The molecule has 29 heavy (non-hydrogen) atoms. The molecule has 152 valence electrons. The van der Waals surface area contributed by atoms with Crippen LogP contribution in [0.15, 0.2) is 54.1 Å². The summed E-state index contributed by atoms with van der Waals surface area (Å²) >= 11 is 0. The predicted molar refractivity (Wildman–Crippen MR) is 107 cm³/mol. The Kier molecular flexibility index (Phi) is 6.19. The molecule has 0 saturated carbocycles. The molecular weight excluding hydrogens is 374 g/mol. The zero-order valence-electron chi connectivity index (χ0n) is 16.3. The van der Waals surface area contributed by atoms with Crippen molar-refractivity contribution in [2.75, 3.05) is 27.4 Å². The van der Waals surface area contributed by atoms with E-state index in [2.05, 4.69) is 0 Å². The zero-order chi connectivity index (χ0) is 21.0. The molecule has 7 nitrogen and oxygen atoms in total. The quantitative estimate of drug-likeness (QED) is 0.423. The second kappa shape index (κ2) is 8.79. The number of benzene rings is 2. The molecule has 0 spiro atoms. The number of methoxy groups -OCH3 is 2. The third-order valence-electron chi connectivity index (χ3n) is 4.87. The number of rotatable bonds is 7. The number of hydrogen-bond acceptors (Lipinski definition) is 6. The highest BCUT2D eigenvalue weighted by molar-refractivity contribution is 6.46. The summed E-state index contributed by atoms with van der Waals surface area (Å²) in [4.78, 5) is 26.9. The molecule has 2 aromatic rings. The summed E-state index contributed by atoms with van der Waals surface area (Å²) in [5.41, 5.74) is 1.04. The number of aliphatic hydroxyl groups is 2. The number of likely N-dealkylation sites (tertiary alicyclic amines) is 1. The minimum atomic E-state index is -0.804. The van der Waals surface area contributed by atoms with Gasteiger partial charge in [-0.1, -0.05) is 36.4 Å². The average molecular weight is 397 g/mol. The highest BCUT2D eigenvalue weighted by atomic mass is 16.5. The lowest BCUT2D eigenvalue weighted by Crippen LogP contribution is -2.31. The Hall–Kier alpha value is -3.32. The van der Waals surface area contributed by atoms with Crippen LogP contribution in [0.1, 0.15) is 23.6 Å². The monoisotopic (exact) mass is 397 g/mol. The highest BCUT2D eigenvalue weighted by Crippen LogP contribution is 2.41. The summed E-state index contributed by atoms with van der Waals surface area (Å²) in [7, 11) is 3.01. The Morgan fingerprint density at radius 2 is 1.72 bits per heavy atom. The maximum Gasteiger partial charge on any atom is 0.295 e. The molecule has 7 heteroatoms. The van der Waals surface area contributed by atoms with E-state index in [1.807, 2.05) is 0 Å². The largest absolute Gasteiger partial charge is 0.507 e. The van der Waals surface area contributed by atoms with E-state index in [1.54, 1.807) is 48.5 Å². The Labute approximate surface area is 168 Å². The smallest absolute Gasteiger partial charge is 0.295 e. The van der Waals surface area contributed by atoms with Crippen LogP contribution in [0.2, 0.25) is 0 Å². The van der Waals surface area contributed by atoms with Gasteiger partial charge < -0.3 is 24.6 Å². The molecule has 0 aliphatic carbocycles. The molecule has 0 aromatic heterocycles. The van der Waals surface area contributed by atoms with Crippen LogP contribution in [-0.4, -0.2) is 54.2 Å². The molecule has 0 bridgehead atoms. The molecule has 1 heterocycles. The molecule has 1 saturated heterocycles. The molecule has 0 unspecified atom stereocenters. The minimum Gasteiger partial charge on any atom is -0.507 e. The van der Waals surface area contributed by atoms with Crippen LogP contribution in [0, 0.1) is 0 Å². The van der Waals surface area contributed by atoms with E-state index < -0.39 is 17.7 Å². The van der Waals surface area contributed by atoms with Gasteiger partial charge in [0.2, 0.25) is 0 Å².